The monoisotopic (exact) mass is 384 g/mol. The minimum Gasteiger partial charge on any atom is -0.394 e. The molecule has 1 saturated carbocycles. The van der Waals surface area contributed by atoms with Crippen molar-refractivity contribution in [2.24, 2.45) is 0 Å². The molecule has 4 rings (SSSR count). The summed E-state index contributed by atoms with van der Waals surface area (Å²) in [6, 6.07) is 3.58. The molecule has 9 nitrogen and oxygen atoms in total. The van der Waals surface area contributed by atoms with Crippen LogP contribution >= 0.6 is 0 Å². The van der Waals surface area contributed by atoms with Crippen molar-refractivity contribution in [1.82, 2.24) is 24.7 Å². The van der Waals surface area contributed by atoms with Crippen LogP contribution in [-0.2, 0) is 4.74 Å². The fourth-order valence-corrected chi connectivity index (χ4v) is 3.99. The van der Waals surface area contributed by atoms with Crippen molar-refractivity contribution in [3.05, 3.63) is 34.4 Å². The molecule has 0 radical (unpaired) electrons. The Morgan fingerprint density at radius 1 is 1.32 bits per heavy atom. The summed E-state index contributed by atoms with van der Waals surface area (Å²) in [4.78, 5) is 22.1. The molecule has 1 aliphatic rings. The van der Waals surface area contributed by atoms with E-state index in [-0.39, 0.29) is 30.3 Å². The Labute approximate surface area is 161 Å². The number of pyridine rings is 1. The third-order valence-electron chi connectivity index (χ3n) is 5.33. The van der Waals surface area contributed by atoms with Gasteiger partial charge in [0.15, 0.2) is 0 Å². The fraction of sp³-hybridized carbons (Fsp3) is 0.474. The highest BCUT2D eigenvalue weighted by Gasteiger charge is 2.27. The number of nitrogens with zero attached hydrogens (tertiary/aromatic N) is 4. The van der Waals surface area contributed by atoms with Crippen LogP contribution in [0, 0.1) is 6.92 Å². The number of aliphatic hydroxyl groups is 1. The van der Waals surface area contributed by atoms with E-state index in [0.29, 0.717) is 23.5 Å². The van der Waals surface area contributed by atoms with Gasteiger partial charge in [-0.05, 0) is 44.7 Å². The molecule has 0 aromatic carbocycles. The van der Waals surface area contributed by atoms with Crippen LogP contribution in [0.15, 0.2) is 23.1 Å². The molecule has 1 fully saturated rings. The predicted molar refractivity (Wildman–Crippen MR) is 105 cm³/mol. The number of aliphatic hydroxyl groups excluding tert-OH is 1. The number of fused-ring (bicyclic) bond motifs is 1. The lowest BCUT2D eigenvalue weighted by Crippen LogP contribution is -2.32. The second kappa shape index (κ2) is 7.69. The summed E-state index contributed by atoms with van der Waals surface area (Å²) in [6.45, 7) is 2.23. The fourth-order valence-electron chi connectivity index (χ4n) is 3.99. The van der Waals surface area contributed by atoms with Crippen LogP contribution in [0.4, 0.5) is 5.95 Å². The van der Waals surface area contributed by atoms with Crippen LogP contribution in [0.3, 0.4) is 0 Å². The molecule has 3 heterocycles. The number of aryl methyl sites for hydroxylation is 1. The topological polar surface area (TPSA) is 132 Å². The maximum atomic E-state index is 13.4. The number of nitrogen functional groups attached to an aromatic ring is 1. The van der Waals surface area contributed by atoms with E-state index >= 15 is 0 Å². The first-order chi connectivity index (χ1) is 13.6. The molecule has 4 N–H and O–H groups in total. The number of aromatic nitrogens is 5. The summed E-state index contributed by atoms with van der Waals surface area (Å²) in [5.41, 5.74) is 8.16. The summed E-state index contributed by atoms with van der Waals surface area (Å²) in [5, 5.41) is 16.7. The van der Waals surface area contributed by atoms with Crippen LogP contribution < -0.4 is 11.3 Å². The number of aromatic amines is 1. The van der Waals surface area contributed by atoms with Crippen molar-refractivity contribution in [3.63, 3.8) is 0 Å². The van der Waals surface area contributed by atoms with Gasteiger partial charge in [0.25, 0.3) is 5.56 Å². The minimum atomic E-state index is -0.128. The zero-order valence-electron chi connectivity index (χ0n) is 15.8. The van der Waals surface area contributed by atoms with Gasteiger partial charge in [-0.3, -0.25) is 14.5 Å². The lowest BCUT2D eigenvalue weighted by molar-refractivity contribution is 0.00169. The normalized spacial score (nSPS) is 19.9. The van der Waals surface area contributed by atoms with Gasteiger partial charge in [-0.25, -0.2) is 4.98 Å². The Morgan fingerprint density at radius 2 is 2.11 bits per heavy atom. The maximum absolute atomic E-state index is 13.4. The van der Waals surface area contributed by atoms with E-state index in [1.807, 2.05) is 6.92 Å². The van der Waals surface area contributed by atoms with Crippen LogP contribution in [0.5, 0.6) is 0 Å². The Bertz CT molecular complexity index is 1020. The number of nitrogens with one attached hydrogen (secondary N) is 1. The smallest absolute Gasteiger partial charge is 0.262 e. The van der Waals surface area contributed by atoms with Crippen LogP contribution in [0.25, 0.3) is 22.3 Å². The van der Waals surface area contributed by atoms with Crippen LogP contribution in [-0.4, -0.2) is 49.2 Å². The van der Waals surface area contributed by atoms with Gasteiger partial charge in [-0.2, -0.15) is 10.1 Å². The van der Waals surface area contributed by atoms with Crippen molar-refractivity contribution in [2.75, 3.05) is 18.9 Å². The zero-order valence-corrected chi connectivity index (χ0v) is 15.8. The Balaban J connectivity index is 1.80. The summed E-state index contributed by atoms with van der Waals surface area (Å²) in [7, 11) is 0. The molecule has 1 aliphatic carbocycles. The third kappa shape index (κ3) is 3.38. The molecule has 0 saturated heterocycles. The number of ether oxygens (including phenoxy) is 1. The van der Waals surface area contributed by atoms with E-state index in [9.17, 15) is 4.79 Å². The van der Waals surface area contributed by atoms with E-state index in [2.05, 4.69) is 20.2 Å². The quantitative estimate of drug-likeness (QED) is 0.608. The SMILES string of the molecule is Cc1nc(N)nc2c1cc(-c1cc[nH]n1)c(=O)n2C1CCC(OCCO)CC1. The maximum Gasteiger partial charge on any atom is 0.262 e. The molecule has 28 heavy (non-hydrogen) atoms. The van der Waals surface area contributed by atoms with Gasteiger partial charge in [0, 0.05) is 17.6 Å². The van der Waals surface area contributed by atoms with E-state index < -0.39 is 0 Å². The Kier molecular flexibility index (Phi) is 5.10. The molecule has 0 unspecified atom stereocenters. The van der Waals surface area contributed by atoms with Gasteiger partial charge in [0.2, 0.25) is 5.95 Å². The molecule has 3 aromatic rings. The van der Waals surface area contributed by atoms with E-state index in [1.165, 1.54) is 0 Å². The van der Waals surface area contributed by atoms with Gasteiger partial charge < -0.3 is 15.6 Å². The first-order valence-electron chi connectivity index (χ1n) is 9.50. The summed E-state index contributed by atoms with van der Waals surface area (Å²) >= 11 is 0. The van der Waals surface area contributed by atoms with Crippen LogP contribution in [0.2, 0.25) is 0 Å². The molecule has 9 heteroatoms. The molecule has 0 bridgehead atoms. The molecule has 3 aromatic heterocycles. The van der Waals surface area contributed by atoms with E-state index in [1.54, 1.807) is 22.9 Å². The lowest BCUT2D eigenvalue weighted by atomic mass is 9.92. The number of H-pyrrole nitrogens is 1. The number of nitrogens with two attached hydrogens (primary N) is 1. The Morgan fingerprint density at radius 3 is 2.79 bits per heavy atom. The van der Waals surface area contributed by atoms with Crippen molar-refractivity contribution in [1.29, 1.82) is 0 Å². The average molecular weight is 384 g/mol. The molecular formula is C19H24N6O3. The number of hydrogen-bond donors (Lipinski definition) is 3. The summed E-state index contributed by atoms with van der Waals surface area (Å²) in [6.07, 6.45) is 5.03. The molecule has 0 spiro atoms. The molecule has 0 atom stereocenters. The average Bonchev–Trinajstić information content (AvgIpc) is 3.21. The van der Waals surface area contributed by atoms with Gasteiger partial charge in [0.05, 0.1) is 36.3 Å². The highest BCUT2D eigenvalue weighted by Crippen LogP contribution is 2.32. The second-order valence-corrected chi connectivity index (χ2v) is 7.12. The first kappa shape index (κ1) is 18.6. The number of hydrogen-bond acceptors (Lipinski definition) is 7. The summed E-state index contributed by atoms with van der Waals surface area (Å²) < 4.78 is 7.41. The Hall–Kier alpha value is -2.78. The van der Waals surface area contributed by atoms with E-state index in [0.717, 1.165) is 36.8 Å². The largest absolute Gasteiger partial charge is 0.394 e. The molecule has 0 aliphatic heterocycles. The summed E-state index contributed by atoms with van der Waals surface area (Å²) in [5.74, 6) is 0.158. The van der Waals surface area contributed by atoms with Gasteiger partial charge in [-0.15, -0.1) is 0 Å². The van der Waals surface area contributed by atoms with Gasteiger partial charge in [0.1, 0.15) is 5.65 Å². The second-order valence-electron chi connectivity index (χ2n) is 7.12. The predicted octanol–water partition coefficient (Wildman–Crippen LogP) is 1.56. The third-order valence-corrected chi connectivity index (χ3v) is 5.33. The van der Waals surface area contributed by atoms with Crippen LogP contribution in [0.1, 0.15) is 37.4 Å². The number of rotatable bonds is 5. The highest BCUT2D eigenvalue weighted by molar-refractivity contribution is 5.83. The first-order valence-corrected chi connectivity index (χ1v) is 9.50. The standard InChI is InChI=1S/C19H24N6O3/c1-11-14-10-15(16-6-7-21-24-16)18(27)25(17(14)23-19(20)22-11)12-2-4-13(5-3-12)28-9-8-26/h6-7,10,12-13,26H,2-5,8-9H2,1H3,(H,21,24)(H2,20,22,23). The van der Waals surface area contributed by atoms with Crippen molar-refractivity contribution < 1.29 is 9.84 Å². The molecule has 0 amide bonds. The van der Waals surface area contributed by atoms with Gasteiger partial charge in [-0.1, -0.05) is 0 Å². The lowest BCUT2D eigenvalue weighted by Gasteiger charge is -2.30. The van der Waals surface area contributed by atoms with Gasteiger partial charge >= 0.3 is 0 Å². The van der Waals surface area contributed by atoms with Crippen molar-refractivity contribution in [3.8, 4) is 11.3 Å². The van der Waals surface area contributed by atoms with Crippen molar-refractivity contribution in [2.45, 2.75) is 44.8 Å². The zero-order chi connectivity index (χ0) is 19.7. The van der Waals surface area contributed by atoms with E-state index in [4.69, 9.17) is 15.6 Å². The van der Waals surface area contributed by atoms with Crippen molar-refractivity contribution >= 4 is 17.0 Å². The molecular weight excluding hydrogens is 360 g/mol. The highest BCUT2D eigenvalue weighted by atomic mass is 16.5. The number of anilines is 1. The minimum absolute atomic E-state index is 0.00318. The molecule has 148 valence electrons.